The van der Waals surface area contributed by atoms with Gasteiger partial charge in [-0.2, -0.15) is 0 Å². The number of imidazole rings is 1. The number of methoxy groups -OCH3 is 1. The number of hydrogen-bond acceptors (Lipinski definition) is 6. The van der Waals surface area contributed by atoms with Crippen LogP contribution in [0.15, 0.2) is 29.8 Å². The molecule has 0 spiro atoms. The van der Waals surface area contributed by atoms with Crippen molar-refractivity contribution in [2.24, 2.45) is 0 Å². The van der Waals surface area contributed by atoms with E-state index < -0.39 is 6.41 Å². The topological polar surface area (TPSA) is 82.6 Å². The maximum absolute atomic E-state index is 10.2. The van der Waals surface area contributed by atoms with Gasteiger partial charge in [0.05, 0.1) is 23.7 Å². The summed E-state index contributed by atoms with van der Waals surface area (Å²) in [6, 6.07) is 5.77. The number of H-pyrrole nitrogens is 1. The standard InChI is InChI=1S/C19H28N4O3/c1-19(2,3)26-18(24)23-9-7-13(8-10-23)12-20-17-21-15-6-5-14(25-4)11-16(15)22-17/h5-7,11,18,24H,8-10,12H2,1-4H3,(H2,20,21,22). The van der Waals surface area contributed by atoms with Crippen LogP contribution in [0.1, 0.15) is 27.2 Å². The van der Waals surface area contributed by atoms with Crippen LogP contribution in [-0.4, -0.2) is 58.7 Å². The molecule has 7 heteroatoms. The molecule has 1 aliphatic heterocycles. The Morgan fingerprint density at radius 1 is 1.38 bits per heavy atom. The Bertz CT molecular complexity index is 779. The number of nitrogens with zero attached hydrogens (tertiary/aromatic N) is 2. The minimum absolute atomic E-state index is 0.366. The van der Waals surface area contributed by atoms with Gasteiger partial charge in [0, 0.05) is 25.7 Å². The molecule has 1 aliphatic rings. The minimum Gasteiger partial charge on any atom is -0.497 e. The molecule has 0 saturated carbocycles. The molecule has 0 saturated heterocycles. The predicted molar refractivity (Wildman–Crippen MR) is 102 cm³/mol. The van der Waals surface area contributed by atoms with Gasteiger partial charge in [-0.05, 0) is 39.3 Å². The Morgan fingerprint density at radius 3 is 2.85 bits per heavy atom. The van der Waals surface area contributed by atoms with Gasteiger partial charge in [0.15, 0.2) is 0 Å². The highest BCUT2D eigenvalue weighted by Crippen LogP contribution is 2.21. The molecule has 0 aliphatic carbocycles. The van der Waals surface area contributed by atoms with Gasteiger partial charge in [0.25, 0.3) is 0 Å². The van der Waals surface area contributed by atoms with Gasteiger partial charge in [-0.25, -0.2) is 4.98 Å². The van der Waals surface area contributed by atoms with E-state index in [1.807, 2.05) is 43.9 Å². The van der Waals surface area contributed by atoms with E-state index in [-0.39, 0.29) is 5.60 Å². The summed E-state index contributed by atoms with van der Waals surface area (Å²) in [7, 11) is 1.65. The van der Waals surface area contributed by atoms with Crippen LogP contribution in [0.2, 0.25) is 0 Å². The van der Waals surface area contributed by atoms with Crippen LogP contribution >= 0.6 is 0 Å². The molecular weight excluding hydrogens is 332 g/mol. The van der Waals surface area contributed by atoms with Crippen LogP contribution in [0.5, 0.6) is 5.75 Å². The normalized spacial score (nSPS) is 17.2. The highest BCUT2D eigenvalue weighted by Gasteiger charge is 2.24. The van der Waals surface area contributed by atoms with Gasteiger partial charge in [-0.15, -0.1) is 0 Å². The molecule has 7 nitrogen and oxygen atoms in total. The molecule has 2 aromatic rings. The van der Waals surface area contributed by atoms with E-state index in [2.05, 4.69) is 21.4 Å². The number of fused-ring (bicyclic) bond motifs is 1. The number of anilines is 1. The van der Waals surface area contributed by atoms with Crippen molar-refractivity contribution in [2.75, 3.05) is 32.1 Å². The van der Waals surface area contributed by atoms with Gasteiger partial charge < -0.3 is 24.9 Å². The summed E-state index contributed by atoms with van der Waals surface area (Å²) in [5.41, 5.74) is 2.77. The van der Waals surface area contributed by atoms with Crippen molar-refractivity contribution >= 4 is 17.0 Å². The van der Waals surface area contributed by atoms with Gasteiger partial charge >= 0.3 is 0 Å². The molecule has 3 rings (SSSR count). The summed E-state index contributed by atoms with van der Waals surface area (Å²) in [5.74, 6) is 1.55. The zero-order valence-electron chi connectivity index (χ0n) is 15.9. The third-order valence-corrected chi connectivity index (χ3v) is 4.28. The van der Waals surface area contributed by atoms with E-state index in [1.54, 1.807) is 7.11 Å². The Labute approximate surface area is 154 Å². The highest BCUT2D eigenvalue weighted by atomic mass is 16.6. The third-order valence-electron chi connectivity index (χ3n) is 4.28. The maximum atomic E-state index is 10.2. The van der Waals surface area contributed by atoms with Crippen LogP contribution in [0.3, 0.4) is 0 Å². The highest BCUT2D eigenvalue weighted by molar-refractivity contribution is 5.79. The third kappa shape index (κ3) is 4.75. The molecule has 1 unspecified atom stereocenters. The average molecular weight is 360 g/mol. The Hall–Kier alpha value is -2.09. The van der Waals surface area contributed by atoms with Crippen molar-refractivity contribution in [3.63, 3.8) is 0 Å². The van der Waals surface area contributed by atoms with Crippen molar-refractivity contribution in [3.8, 4) is 5.75 Å². The molecule has 1 aromatic heterocycles. The summed E-state index contributed by atoms with van der Waals surface area (Å²) in [4.78, 5) is 9.72. The first-order valence-corrected chi connectivity index (χ1v) is 8.89. The van der Waals surface area contributed by atoms with E-state index in [1.165, 1.54) is 5.57 Å². The van der Waals surface area contributed by atoms with Crippen molar-refractivity contribution < 1.29 is 14.6 Å². The minimum atomic E-state index is -0.869. The van der Waals surface area contributed by atoms with Crippen LogP contribution in [0, 0.1) is 0 Å². The molecule has 2 heterocycles. The van der Waals surface area contributed by atoms with Crippen molar-refractivity contribution in [3.05, 3.63) is 29.8 Å². The molecule has 3 N–H and O–H groups in total. The summed E-state index contributed by atoms with van der Waals surface area (Å²) >= 11 is 0. The first-order chi connectivity index (χ1) is 12.3. The van der Waals surface area contributed by atoms with Gasteiger partial charge in [0.2, 0.25) is 12.4 Å². The molecule has 0 amide bonds. The van der Waals surface area contributed by atoms with E-state index in [0.717, 1.165) is 42.2 Å². The SMILES string of the molecule is COc1ccc2nc(NCC3=CCN(C(O)OC(C)(C)C)CC3)[nH]c2c1. The molecule has 1 atom stereocenters. The number of aromatic nitrogens is 2. The number of aliphatic hydroxyl groups excluding tert-OH is 1. The smallest absolute Gasteiger partial charge is 0.216 e. The molecule has 142 valence electrons. The Kier molecular flexibility index (Phi) is 5.50. The lowest BCUT2D eigenvalue weighted by atomic mass is 10.1. The van der Waals surface area contributed by atoms with Crippen LogP contribution in [0.25, 0.3) is 11.0 Å². The molecule has 1 aromatic carbocycles. The zero-order valence-corrected chi connectivity index (χ0v) is 15.9. The lowest BCUT2D eigenvalue weighted by Crippen LogP contribution is -2.44. The lowest BCUT2D eigenvalue weighted by molar-refractivity contribution is -0.237. The number of rotatable bonds is 6. The number of aliphatic hydroxyl groups is 1. The van der Waals surface area contributed by atoms with Gasteiger partial charge in [0.1, 0.15) is 5.75 Å². The molecule has 26 heavy (non-hydrogen) atoms. The molecule has 0 radical (unpaired) electrons. The van der Waals surface area contributed by atoms with Crippen LogP contribution < -0.4 is 10.1 Å². The summed E-state index contributed by atoms with van der Waals surface area (Å²) < 4.78 is 10.8. The number of nitrogens with one attached hydrogen (secondary N) is 2. The fourth-order valence-corrected chi connectivity index (χ4v) is 2.88. The summed E-state index contributed by atoms with van der Waals surface area (Å²) in [6.45, 7) is 7.98. The Morgan fingerprint density at radius 2 is 2.19 bits per heavy atom. The second kappa shape index (κ2) is 7.65. The average Bonchev–Trinajstić information content (AvgIpc) is 3.00. The summed E-state index contributed by atoms with van der Waals surface area (Å²) in [5, 5.41) is 13.5. The van der Waals surface area contributed by atoms with E-state index in [9.17, 15) is 5.11 Å². The van der Waals surface area contributed by atoms with E-state index >= 15 is 0 Å². The first-order valence-electron chi connectivity index (χ1n) is 8.89. The number of hydrogen-bond donors (Lipinski definition) is 3. The second-order valence-electron chi connectivity index (χ2n) is 7.49. The number of ether oxygens (including phenoxy) is 2. The van der Waals surface area contributed by atoms with Crippen molar-refractivity contribution in [1.82, 2.24) is 14.9 Å². The molecule has 0 fully saturated rings. The largest absolute Gasteiger partial charge is 0.497 e. The fourth-order valence-electron chi connectivity index (χ4n) is 2.88. The zero-order chi connectivity index (χ0) is 18.7. The maximum Gasteiger partial charge on any atom is 0.216 e. The van der Waals surface area contributed by atoms with E-state index in [4.69, 9.17) is 9.47 Å². The van der Waals surface area contributed by atoms with Gasteiger partial charge in [-0.1, -0.05) is 11.6 Å². The number of benzene rings is 1. The second-order valence-corrected chi connectivity index (χ2v) is 7.49. The van der Waals surface area contributed by atoms with Crippen molar-refractivity contribution in [2.45, 2.75) is 39.2 Å². The van der Waals surface area contributed by atoms with Crippen molar-refractivity contribution in [1.29, 1.82) is 0 Å². The monoisotopic (exact) mass is 360 g/mol. The molecular formula is C19H28N4O3. The van der Waals surface area contributed by atoms with Crippen LogP contribution in [0.4, 0.5) is 5.95 Å². The van der Waals surface area contributed by atoms with Crippen LogP contribution in [-0.2, 0) is 4.74 Å². The Balaban J connectivity index is 1.54. The predicted octanol–water partition coefficient (Wildman–Crippen LogP) is 2.71. The quantitative estimate of drug-likeness (QED) is 0.543. The summed E-state index contributed by atoms with van der Waals surface area (Å²) in [6.07, 6.45) is 2.15. The van der Waals surface area contributed by atoms with E-state index in [0.29, 0.717) is 6.54 Å². The fraction of sp³-hybridized carbons (Fsp3) is 0.526. The lowest BCUT2D eigenvalue weighted by Gasteiger charge is -2.34. The first kappa shape index (κ1) is 18.7. The number of aromatic amines is 1. The van der Waals surface area contributed by atoms with Gasteiger partial charge in [-0.3, -0.25) is 4.90 Å². The molecule has 0 bridgehead atoms.